The molecule has 0 bridgehead atoms. The van der Waals surface area contributed by atoms with Crippen molar-refractivity contribution in [1.29, 1.82) is 0 Å². The van der Waals surface area contributed by atoms with Crippen LogP contribution in [0, 0.1) is 5.41 Å². The number of thioether (sulfide) groups is 1. The number of para-hydroxylation sites is 2. The second-order valence-corrected chi connectivity index (χ2v) is 7.85. The lowest BCUT2D eigenvalue weighted by Gasteiger charge is -2.20. The van der Waals surface area contributed by atoms with Crippen LogP contribution in [0.2, 0.25) is 0 Å². The van der Waals surface area contributed by atoms with E-state index < -0.39 is 11.4 Å². The zero-order chi connectivity index (χ0) is 17.3. The van der Waals surface area contributed by atoms with Crippen LogP contribution in [0.15, 0.2) is 24.3 Å². The van der Waals surface area contributed by atoms with E-state index in [1.807, 2.05) is 31.2 Å². The zero-order valence-corrected chi connectivity index (χ0v) is 14.6. The van der Waals surface area contributed by atoms with E-state index in [4.69, 9.17) is 0 Å². The number of aromatic nitrogens is 2. The summed E-state index contributed by atoms with van der Waals surface area (Å²) in [5.41, 5.74) is 1.09. The quantitative estimate of drug-likeness (QED) is 0.868. The summed E-state index contributed by atoms with van der Waals surface area (Å²) in [7, 11) is 0. The van der Waals surface area contributed by atoms with Crippen LogP contribution in [0.25, 0.3) is 11.0 Å². The Hall–Kier alpha value is -2.02. The van der Waals surface area contributed by atoms with Gasteiger partial charge in [-0.3, -0.25) is 9.59 Å². The summed E-state index contributed by atoms with van der Waals surface area (Å²) in [6.07, 6.45) is 0.512. The van der Waals surface area contributed by atoms with E-state index in [1.165, 1.54) is 11.8 Å². The van der Waals surface area contributed by atoms with Gasteiger partial charge in [-0.2, -0.15) is 0 Å². The average molecular weight is 347 g/mol. The van der Waals surface area contributed by atoms with Crippen molar-refractivity contribution in [3.8, 4) is 0 Å². The van der Waals surface area contributed by atoms with Crippen molar-refractivity contribution in [3.63, 3.8) is 0 Å². The van der Waals surface area contributed by atoms with Crippen LogP contribution in [0.5, 0.6) is 0 Å². The SMILES string of the molecule is CC(SCC(=O)N1CCC(C)(C(=O)O)C1)c1nc2ccccc2[nH]1. The minimum absolute atomic E-state index is 0.00654. The standard InChI is InChI=1S/C17H21N3O3S/c1-11(15-18-12-5-3-4-6-13(12)19-15)24-9-14(21)20-8-7-17(2,10-20)16(22)23/h3-6,11H,7-10H2,1-2H3,(H,18,19)(H,22,23). The maximum absolute atomic E-state index is 12.3. The topological polar surface area (TPSA) is 86.3 Å². The number of carboxylic acid groups (broad SMARTS) is 1. The molecule has 128 valence electrons. The number of fused-ring (bicyclic) bond motifs is 1. The third-order valence-corrected chi connectivity index (χ3v) is 5.73. The highest BCUT2D eigenvalue weighted by Gasteiger charge is 2.41. The summed E-state index contributed by atoms with van der Waals surface area (Å²) in [6, 6.07) is 7.83. The number of hydrogen-bond donors (Lipinski definition) is 2. The summed E-state index contributed by atoms with van der Waals surface area (Å²) in [4.78, 5) is 33.1. The first-order valence-electron chi connectivity index (χ1n) is 7.96. The van der Waals surface area contributed by atoms with Gasteiger partial charge in [0.15, 0.2) is 0 Å². The molecule has 1 aliphatic rings. The highest BCUT2D eigenvalue weighted by atomic mass is 32.2. The number of nitrogens with zero attached hydrogens (tertiary/aromatic N) is 2. The molecule has 7 heteroatoms. The number of imidazole rings is 1. The minimum atomic E-state index is -0.832. The minimum Gasteiger partial charge on any atom is -0.481 e. The van der Waals surface area contributed by atoms with E-state index in [9.17, 15) is 14.7 Å². The Labute approximate surface area is 144 Å². The number of aromatic amines is 1. The van der Waals surface area contributed by atoms with Gasteiger partial charge in [0.1, 0.15) is 5.82 Å². The van der Waals surface area contributed by atoms with Crippen LogP contribution in [-0.4, -0.2) is 50.7 Å². The molecule has 0 spiro atoms. The number of nitrogens with one attached hydrogen (secondary N) is 1. The van der Waals surface area contributed by atoms with Gasteiger partial charge in [0.2, 0.25) is 5.91 Å². The Balaban J connectivity index is 1.57. The van der Waals surface area contributed by atoms with Gasteiger partial charge in [0.05, 0.1) is 27.5 Å². The first kappa shape index (κ1) is 16.8. The summed E-state index contributed by atoms with van der Waals surface area (Å²) in [5, 5.41) is 9.32. The number of carbonyl (C=O) groups is 2. The average Bonchev–Trinajstić information content (AvgIpc) is 3.16. The largest absolute Gasteiger partial charge is 0.481 e. The fraction of sp³-hybridized carbons (Fsp3) is 0.471. The van der Waals surface area contributed by atoms with E-state index in [2.05, 4.69) is 9.97 Å². The van der Waals surface area contributed by atoms with E-state index in [1.54, 1.807) is 11.8 Å². The monoisotopic (exact) mass is 347 g/mol. The normalized spacial score (nSPS) is 22.0. The molecular formula is C17H21N3O3S. The third-order valence-electron chi connectivity index (χ3n) is 4.59. The van der Waals surface area contributed by atoms with Gasteiger partial charge in [-0.25, -0.2) is 4.98 Å². The van der Waals surface area contributed by atoms with Crippen LogP contribution in [0.4, 0.5) is 0 Å². The lowest BCUT2D eigenvalue weighted by atomic mass is 9.90. The molecule has 1 aliphatic heterocycles. The molecule has 2 N–H and O–H groups in total. The molecule has 1 saturated heterocycles. The molecule has 1 amide bonds. The van der Waals surface area contributed by atoms with Crippen LogP contribution in [0.1, 0.15) is 31.3 Å². The zero-order valence-electron chi connectivity index (χ0n) is 13.8. The Kier molecular flexibility index (Phi) is 4.54. The van der Waals surface area contributed by atoms with Gasteiger partial charge >= 0.3 is 5.97 Å². The maximum atomic E-state index is 12.3. The van der Waals surface area contributed by atoms with Gasteiger partial charge < -0.3 is 15.0 Å². The smallest absolute Gasteiger partial charge is 0.311 e. The fourth-order valence-electron chi connectivity index (χ4n) is 2.88. The van der Waals surface area contributed by atoms with Gasteiger partial charge in [0, 0.05) is 13.1 Å². The van der Waals surface area contributed by atoms with Crippen LogP contribution in [-0.2, 0) is 9.59 Å². The highest BCUT2D eigenvalue weighted by Crippen LogP contribution is 2.32. The van der Waals surface area contributed by atoms with Gasteiger partial charge in [-0.1, -0.05) is 12.1 Å². The molecular weight excluding hydrogens is 326 g/mol. The number of aliphatic carboxylic acids is 1. The van der Waals surface area contributed by atoms with Crippen molar-refractivity contribution in [2.75, 3.05) is 18.8 Å². The Morgan fingerprint density at radius 3 is 2.88 bits per heavy atom. The van der Waals surface area contributed by atoms with Crippen molar-refractivity contribution < 1.29 is 14.7 Å². The van der Waals surface area contributed by atoms with Gasteiger partial charge in [-0.05, 0) is 32.4 Å². The van der Waals surface area contributed by atoms with Gasteiger partial charge in [0.25, 0.3) is 0 Å². The lowest BCUT2D eigenvalue weighted by Crippen LogP contribution is -2.35. The number of benzene rings is 1. The Morgan fingerprint density at radius 1 is 1.46 bits per heavy atom. The predicted molar refractivity (Wildman–Crippen MR) is 93.9 cm³/mol. The summed E-state index contributed by atoms with van der Waals surface area (Å²) in [5.74, 6) is 0.341. The molecule has 0 radical (unpaired) electrons. The summed E-state index contributed by atoms with van der Waals surface area (Å²) >= 11 is 1.52. The van der Waals surface area contributed by atoms with Crippen molar-refractivity contribution in [1.82, 2.24) is 14.9 Å². The van der Waals surface area contributed by atoms with Crippen LogP contribution >= 0.6 is 11.8 Å². The van der Waals surface area contributed by atoms with Crippen molar-refractivity contribution in [2.24, 2.45) is 5.41 Å². The number of carboxylic acids is 1. The van der Waals surface area contributed by atoms with Crippen molar-refractivity contribution in [2.45, 2.75) is 25.5 Å². The molecule has 0 saturated carbocycles. The van der Waals surface area contributed by atoms with Crippen LogP contribution < -0.4 is 0 Å². The first-order valence-corrected chi connectivity index (χ1v) is 9.01. The summed E-state index contributed by atoms with van der Waals surface area (Å²) < 4.78 is 0. The number of amides is 1. The van der Waals surface area contributed by atoms with E-state index in [0.717, 1.165) is 16.9 Å². The molecule has 1 aromatic carbocycles. The second-order valence-electron chi connectivity index (χ2n) is 6.52. The van der Waals surface area contributed by atoms with Crippen LogP contribution in [0.3, 0.4) is 0 Å². The number of likely N-dealkylation sites (tertiary alicyclic amines) is 1. The second kappa shape index (κ2) is 6.47. The van der Waals surface area contributed by atoms with E-state index >= 15 is 0 Å². The fourth-order valence-corrected chi connectivity index (χ4v) is 3.72. The predicted octanol–water partition coefficient (Wildman–Crippen LogP) is 2.68. The number of H-pyrrole nitrogens is 1. The molecule has 3 rings (SSSR count). The van der Waals surface area contributed by atoms with E-state index in [-0.39, 0.29) is 11.2 Å². The number of carbonyl (C=O) groups excluding carboxylic acids is 1. The molecule has 1 fully saturated rings. The summed E-state index contributed by atoms with van der Waals surface area (Å²) in [6.45, 7) is 4.52. The Morgan fingerprint density at radius 2 is 2.21 bits per heavy atom. The lowest BCUT2D eigenvalue weighted by molar-refractivity contribution is -0.147. The number of hydrogen-bond acceptors (Lipinski definition) is 4. The number of rotatable bonds is 5. The first-order chi connectivity index (χ1) is 11.4. The van der Waals surface area contributed by atoms with Crippen molar-refractivity contribution in [3.05, 3.63) is 30.1 Å². The molecule has 6 nitrogen and oxygen atoms in total. The molecule has 1 aromatic heterocycles. The molecule has 2 atom stereocenters. The molecule has 2 heterocycles. The highest BCUT2D eigenvalue weighted by molar-refractivity contribution is 8.00. The van der Waals surface area contributed by atoms with Gasteiger partial charge in [-0.15, -0.1) is 11.8 Å². The third kappa shape index (κ3) is 3.26. The molecule has 24 heavy (non-hydrogen) atoms. The van der Waals surface area contributed by atoms with Crippen molar-refractivity contribution >= 4 is 34.7 Å². The molecule has 0 aliphatic carbocycles. The molecule has 2 unspecified atom stereocenters. The Bertz CT molecular complexity index is 742. The maximum Gasteiger partial charge on any atom is 0.311 e. The van der Waals surface area contributed by atoms with E-state index in [0.29, 0.717) is 25.3 Å². The molecule has 2 aromatic rings.